The minimum atomic E-state index is 0.146. The first-order chi connectivity index (χ1) is 5.79. The van der Waals surface area contributed by atoms with Crippen LogP contribution in [0.15, 0.2) is 23.7 Å². The van der Waals surface area contributed by atoms with Crippen molar-refractivity contribution in [3.8, 4) is 0 Å². The number of pyridine rings is 1. The van der Waals surface area contributed by atoms with Crippen LogP contribution in [0.25, 0.3) is 10.1 Å². The molecular formula is C8H5Br2NS. The van der Waals surface area contributed by atoms with Crippen molar-refractivity contribution in [1.29, 1.82) is 0 Å². The average molecular weight is 307 g/mol. The van der Waals surface area contributed by atoms with Crippen molar-refractivity contribution in [2.24, 2.45) is 0 Å². The van der Waals surface area contributed by atoms with Gasteiger partial charge >= 0.3 is 0 Å². The molecule has 0 spiro atoms. The van der Waals surface area contributed by atoms with Crippen molar-refractivity contribution in [1.82, 2.24) is 4.98 Å². The molecule has 0 fully saturated rings. The number of nitrogens with zero attached hydrogens (tertiary/aromatic N) is 1. The van der Waals surface area contributed by atoms with Gasteiger partial charge in [0.1, 0.15) is 3.74 Å². The van der Waals surface area contributed by atoms with Crippen LogP contribution in [0.5, 0.6) is 0 Å². The minimum absolute atomic E-state index is 0.146. The van der Waals surface area contributed by atoms with E-state index in [0.717, 1.165) is 5.69 Å². The molecule has 0 aliphatic heterocycles. The maximum absolute atomic E-state index is 4.30. The van der Waals surface area contributed by atoms with Crippen LogP contribution in [0.1, 0.15) is 9.43 Å². The van der Waals surface area contributed by atoms with Gasteiger partial charge in [-0.25, -0.2) is 0 Å². The van der Waals surface area contributed by atoms with Crippen LogP contribution in [-0.2, 0) is 0 Å². The largest absolute Gasteiger partial charge is 0.258 e. The van der Waals surface area contributed by atoms with Crippen LogP contribution in [0.3, 0.4) is 0 Å². The van der Waals surface area contributed by atoms with Crippen molar-refractivity contribution in [2.75, 3.05) is 0 Å². The molecule has 62 valence electrons. The van der Waals surface area contributed by atoms with Gasteiger partial charge in [0.15, 0.2) is 0 Å². The fourth-order valence-corrected chi connectivity index (χ4v) is 2.98. The van der Waals surface area contributed by atoms with Crippen molar-refractivity contribution in [2.45, 2.75) is 3.74 Å². The van der Waals surface area contributed by atoms with Crippen LogP contribution >= 0.6 is 43.2 Å². The molecule has 0 unspecified atom stereocenters. The minimum Gasteiger partial charge on any atom is -0.258 e. The van der Waals surface area contributed by atoms with Crippen molar-refractivity contribution in [3.05, 3.63) is 29.4 Å². The van der Waals surface area contributed by atoms with Crippen LogP contribution in [-0.4, -0.2) is 4.98 Å². The van der Waals surface area contributed by atoms with E-state index in [1.54, 1.807) is 11.3 Å². The van der Waals surface area contributed by atoms with E-state index in [9.17, 15) is 0 Å². The van der Waals surface area contributed by atoms with Crippen LogP contribution in [0.2, 0.25) is 0 Å². The Labute approximate surface area is 91.1 Å². The maximum Gasteiger partial charge on any atom is 0.113 e. The Morgan fingerprint density at radius 3 is 2.92 bits per heavy atom. The van der Waals surface area contributed by atoms with Gasteiger partial charge in [-0.2, -0.15) is 0 Å². The van der Waals surface area contributed by atoms with Crippen LogP contribution < -0.4 is 0 Å². The SMILES string of the molecule is BrC(Br)c1nccc2ccsc12. The zero-order valence-corrected chi connectivity index (χ0v) is 9.99. The lowest BCUT2D eigenvalue weighted by atomic mass is 10.3. The van der Waals surface area contributed by atoms with Crippen molar-refractivity contribution < 1.29 is 0 Å². The quantitative estimate of drug-likeness (QED) is 0.723. The van der Waals surface area contributed by atoms with Gasteiger partial charge in [0.05, 0.1) is 10.4 Å². The Morgan fingerprint density at radius 1 is 1.33 bits per heavy atom. The zero-order valence-electron chi connectivity index (χ0n) is 6.00. The number of hydrogen-bond donors (Lipinski definition) is 0. The van der Waals surface area contributed by atoms with Crippen molar-refractivity contribution in [3.63, 3.8) is 0 Å². The summed E-state index contributed by atoms with van der Waals surface area (Å²) in [6.45, 7) is 0. The number of aromatic nitrogens is 1. The lowest BCUT2D eigenvalue weighted by molar-refractivity contribution is 1.22. The van der Waals surface area contributed by atoms with E-state index < -0.39 is 0 Å². The molecule has 4 heteroatoms. The lowest BCUT2D eigenvalue weighted by Crippen LogP contribution is -1.85. The highest BCUT2D eigenvalue weighted by atomic mass is 79.9. The predicted octanol–water partition coefficient (Wildman–Crippen LogP) is 4.08. The van der Waals surface area contributed by atoms with E-state index >= 15 is 0 Å². The highest BCUT2D eigenvalue weighted by molar-refractivity contribution is 9.24. The smallest absolute Gasteiger partial charge is 0.113 e. The van der Waals surface area contributed by atoms with E-state index in [-0.39, 0.29) is 3.74 Å². The summed E-state index contributed by atoms with van der Waals surface area (Å²) >= 11 is 8.62. The molecule has 1 nitrogen and oxygen atoms in total. The molecule has 0 aromatic carbocycles. The monoisotopic (exact) mass is 305 g/mol. The molecule has 2 aromatic heterocycles. The molecular weight excluding hydrogens is 302 g/mol. The summed E-state index contributed by atoms with van der Waals surface area (Å²) < 4.78 is 1.39. The first kappa shape index (κ1) is 8.66. The van der Waals surface area contributed by atoms with Gasteiger partial charge in [0.2, 0.25) is 0 Å². The first-order valence-corrected chi connectivity index (χ1v) is 6.10. The third-order valence-electron chi connectivity index (χ3n) is 1.60. The van der Waals surface area contributed by atoms with Gasteiger partial charge in [-0.3, -0.25) is 4.98 Å². The standard InChI is InChI=1S/C8H5Br2NS/c9-8(10)6-7-5(1-3-11-6)2-4-12-7/h1-4,8H. The van der Waals surface area contributed by atoms with Gasteiger partial charge in [0.25, 0.3) is 0 Å². The summed E-state index contributed by atoms with van der Waals surface area (Å²) in [5, 5.41) is 3.34. The molecule has 2 aromatic rings. The number of halogens is 2. The fraction of sp³-hybridized carbons (Fsp3) is 0.125. The van der Waals surface area contributed by atoms with Gasteiger partial charge in [-0.05, 0) is 22.9 Å². The first-order valence-electron chi connectivity index (χ1n) is 3.39. The van der Waals surface area contributed by atoms with Crippen LogP contribution in [0, 0.1) is 0 Å². The van der Waals surface area contributed by atoms with Gasteiger partial charge in [0, 0.05) is 6.20 Å². The Balaban J connectivity index is 2.73. The highest BCUT2D eigenvalue weighted by Crippen LogP contribution is 2.34. The summed E-state index contributed by atoms with van der Waals surface area (Å²) in [4.78, 5) is 4.30. The topological polar surface area (TPSA) is 12.9 Å². The molecule has 0 N–H and O–H groups in total. The van der Waals surface area contributed by atoms with Gasteiger partial charge in [-0.1, -0.05) is 31.9 Å². The molecule has 12 heavy (non-hydrogen) atoms. The second-order valence-corrected chi connectivity index (χ2v) is 6.31. The second-order valence-electron chi connectivity index (χ2n) is 2.34. The Bertz CT molecular complexity index is 397. The molecule has 0 bridgehead atoms. The van der Waals surface area contributed by atoms with E-state index in [1.165, 1.54) is 10.1 Å². The summed E-state index contributed by atoms with van der Waals surface area (Å²) in [6, 6.07) is 4.13. The number of thiophene rings is 1. The van der Waals surface area contributed by atoms with Gasteiger partial charge in [-0.15, -0.1) is 11.3 Å². The number of hydrogen-bond acceptors (Lipinski definition) is 2. The molecule has 2 heterocycles. The summed E-state index contributed by atoms with van der Waals surface area (Å²) in [7, 11) is 0. The fourth-order valence-electron chi connectivity index (χ4n) is 1.07. The molecule has 0 aliphatic carbocycles. The second kappa shape index (κ2) is 3.44. The van der Waals surface area contributed by atoms with Crippen molar-refractivity contribution >= 4 is 53.3 Å². The number of fused-ring (bicyclic) bond motifs is 1. The molecule has 0 amide bonds. The highest BCUT2D eigenvalue weighted by Gasteiger charge is 2.09. The normalized spacial score (nSPS) is 11.2. The molecule has 0 atom stereocenters. The molecule has 0 aliphatic rings. The zero-order chi connectivity index (χ0) is 8.55. The lowest BCUT2D eigenvalue weighted by Gasteiger charge is -2.01. The summed E-state index contributed by atoms with van der Waals surface area (Å²) in [6.07, 6.45) is 1.83. The van der Waals surface area contributed by atoms with Crippen LogP contribution in [0.4, 0.5) is 0 Å². The van der Waals surface area contributed by atoms with E-state index in [1.807, 2.05) is 12.3 Å². The number of alkyl halides is 2. The predicted molar refractivity (Wildman–Crippen MR) is 60.2 cm³/mol. The molecule has 2 rings (SSSR count). The molecule has 0 saturated heterocycles. The Morgan fingerprint density at radius 2 is 2.17 bits per heavy atom. The summed E-state index contributed by atoms with van der Waals surface area (Å²) in [5.41, 5.74) is 1.06. The molecule has 0 saturated carbocycles. The third kappa shape index (κ3) is 1.43. The average Bonchev–Trinajstić information content (AvgIpc) is 2.49. The Hall–Kier alpha value is 0.0700. The Kier molecular flexibility index (Phi) is 2.48. The summed E-state index contributed by atoms with van der Waals surface area (Å²) in [5.74, 6) is 0. The van der Waals surface area contributed by atoms with E-state index in [4.69, 9.17) is 0 Å². The molecule has 0 radical (unpaired) electrons. The third-order valence-corrected chi connectivity index (χ3v) is 3.42. The van der Waals surface area contributed by atoms with E-state index in [2.05, 4.69) is 48.3 Å². The van der Waals surface area contributed by atoms with E-state index in [0.29, 0.717) is 0 Å². The van der Waals surface area contributed by atoms with Gasteiger partial charge < -0.3 is 0 Å². The number of rotatable bonds is 1. The maximum atomic E-state index is 4.30.